The highest BCUT2D eigenvalue weighted by atomic mass is 35.5. The average Bonchev–Trinajstić information content (AvgIpc) is 2.55. The van der Waals surface area contributed by atoms with Crippen LogP contribution in [0.5, 0.6) is 11.5 Å². The smallest absolute Gasteiger partial charge is 0.255 e. The molecule has 24 heavy (non-hydrogen) atoms. The van der Waals surface area contributed by atoms with Gasteiger partial charge in [0.25, 0.3) is 5.91 Å². The van der Waals surface area contributed by atoms with Crippen LogP contribution in [0.2, 0.25) is 5.02 Å². The van der Waals surface area contributed by atoms with Gasteiger partial charge in [0.1, 0.15) is 11.5 Å². The molecule has 5 heteroatoms. The predicted molar refractivity (Wildman–Crippen MR) is 97.3 cm³/mol. The van der Waals surface area contributed by atoms with Crippen LogP contribution in [0.3, 0.4) is 0 Å². The van der Waals surface area contributed by atoms with E-state index in [0.717, 1.165) is 6.42 Å². The molecule has 2 aromatic carbocycles. The fraction of sp³-hybridized carbons (Fsp3) is 0.316. The molecule has 0 heterocycles. The van der Waals surface area contributed by atoms with E-state index in [4.69, 9.17) is 21.1 Å². The van der Waals surface area contributed by atoms with Gasteiger partial charge in [-0.15, -0.1) is 0 Å². The molecule has 0 saturated carbocycles. The highest BCUT2D eigenvalue weighted by Crippen LogP contribution is 2.27. The second-order valence-electron chi connectivity index (χ2n) is 5.86. The molecule has 0 unspecified atom stereocenters. The van der Waals surface area contributed by atoms with Gasteiger partial charge in [-0.1, -0.05) is 31.5 Å². The molecule has 0 fully saturated rings. The van der Waals surface area contributed by atoms with Gasteiger partial charge in [0.05, 0.1) is 18.7 Å². The van der Waals surface area contributed by atoms with Gasteiger partial charge in [0.2, 0.25) is 0 Å². The Morgan fingerprint density at radius 3 is 2.67 bits per heavy atom. The first-order valence-electron chi connectivity index (χ1n) is 7.87. The van der Waals surface area contributed by atoms with E-state index in [0.29, 0.717) is 40.3 Å². The van der Waals surface area contributed by atoms with E-state index in [1.165, 1.54) is 0 Å². The summed E-state index contributed by atoms with van der Waals surface area (Å²) in [5.74, 6) is 1.62. The van der Waals surface area contributed by atoms with Gasteiger partial charge >= 0.3 is 0 Å². The minimum atomic E-state index is -0.217. The van der Waals surface area contributed by atoms with Gasteiger partial charge in [-0.2, -0.15) is 0 Å². The van der Waals surface area contributed by atoms with E-state index in [1.54, 1.807) is 43.5 Å². The van der Waals surface area contributed by atoms with E-state index in [9.17, 15) is 4.79 Å². The first kappa shape index (κ1) is 18.1. The quantitative estimate of drug-likeness (QED) is 0.764. The van der Waals surface area contributed by atoms with Crippen molar-refractivity contribution in [3.8, 4) is 11.5 Å². The van der Waals surface area contributed by atoms with Crippen LogP contribution in [0, 0.1) is 5.92 Å². The number of carbonyl (C=O) groups is 1. The van der Waals surface area contributed by atoms with Gasteiger partial charge in [-0.05, 0) is 48.7 Å². The normalized spacial score (nSPS) is 10.5. The van der Waals surface area contributed by atoms with Gasteiger partial charge in [-0.25, -0.2) is 0 Å². The molecule has 128 valence electrons. The van der Waals surface area contributed by atoms with Crippen molar-refractivity contribution in [1.29, 1.82) is 0 Å². The summed E-state index contributed by atoms with van der Waals surface area (Å²) in [6.07, 6.45) is 0.973. The number of ether oxygens (including phenoxy) is 2. The highest BCUT2D eigenvalue weighted by Gasteiger charge is 2.09. The predicted octanol–water partition coefficient (Wildman–Crippen LogP) is 5.03. The number of hydrogen-bond acceptors (Lipinski definition) is 3. The van der Waals surface area contributed by atoms with Crippen molar-refractivity contribution in [3.05, 3.63) is 53.1 Å². The molecule has 0 saturated heterocycles. The van der Waals surface area contributed by atoms with Crippen molar-refractivity contribution in [2.75, 3.05) is 19.0 Å². The molecule has 0 atom stereocenters. The lowest BCUT2D eigenvalue weighted by molar-refractivity contribution is 0.102. The number of amides is 1. The van der Waals surface area contributed by atoms with Gasteiger partial charge in [-0.3, -0.25) is 4.79 Å². The Labute approximate surface area is 147 Å². The third kappa shape index (κ3) is 5.17. The Kier molecular flexibility index (Phi) is 6.50. The minimum Gasteiger partial charge on any atom is -0.495 e. The third-order valence-electron chi connectivity index (χ3n) is 3.47. The molecule has 0 bridgehead atoms. The fourth-order valence-corrected chi connectivity index (χ4v) is 2.34. The van der Waals surface area contributed by atoms with Gasteiger partial charge in [0.15, 0.2) is 0 Å². The van der Waals surface area contributed by atoms with Crippen molar-refractivity contribution in [2.24, 2.45) is 5.92 Å². The number of carbonyl (C=O) groups excluding carboxylic acids is 1. The molecule has 0 aliphatic heterocycles. The Morgan fingerprint density at radius 2 is 2.00 bits per heavy atom. The lowest BCUT2D eigenvalue weighted by Gasteiger charge is -2.10. The van der Waals surface area contributed by atoms with Crippen molar-refractivity contribution >= 4 is 23.2 Å². The second kappa shape index (κ2) is 8.60. The number of halogens is 1. The zero-order valence-electron chi connectivity index (χ0n) is 14.1. The van der Waals surface area contributed by atoms with Crippen LogP contribution < -0.4 is 14.8 Å². The molecule has 0 spiro atoms. The van der Waals surface area contributed by atoms with Gasteiger partial charge < -0.3 is 14.8 Å². The molecule has 1 amide bonds. The van der Waals surface area contributed by atoms with Crippen molar-refractivity contribution in [3.63, 3.8) is 0 Å². The Bertz CT molecular complexity index is 701. The molecule has 0 aliphatic carbocycles. The van der Waals surface area contributed by atoms with E-state index in [2.05, 4.69) is 19.2 Å². The first-order chi connectivity index (χ1) is 11.5. The first-order valence-corrected chi connectivity index (χ1v) is 8.25. The summed E-state index contributed by atoms with van der Waals surface area (Å²) < 4.78 is 10.8. The zero-order valence-corrected chi connectivity index (χ0v) is 14.9. The van der Waals surface area contributed by atoms with Crippen molar-refractivity contribution in [1.82, 2.24) is 0 Å². The maximum Gasteiger partial charge on any atom is 0.255 e. The number of rotatable bonds is 7. The summed E-state index contributed by atoms with van der Waals surface area (Å²) >= 11 is 6.07. The summed E-state index contributed by atoms with van der Waals surface area (Å²) in [5.41, 5.74) is 1.14. The van der Waals surface area contributed by atoms with Gasteiger partial charge in [0, 0.05) is 11.3 Å². The van der Waals surface area contributed by atoms with Crippen LogP contribution in [0.25, 0.3) is 0 Å². The van der Waals surface area contributed by atoms with Crippen LogP contribution in [-0.4, -0.2) is 19.6 Å². The lowest BCUT2D eigenvalue weighted by Crippen LogP contribution is -2.12. The number of methoxy groups -OCH3 is 1. The maximum absolute atomic E-state index is 12.4. The number of hydrogen-bond donors (Lipinski definition) is 1. The lowest BCUT2D eigenvalue weighted by atomic mass is 10.1. The molecule has 0 aromatic heterocycles. The SMILES string of the molecule is COc1ccc(NC(=O)c2cccc(OCCC(C)C)c2)cc1Cl. The highest BCUT2D eigenvalue weighted by molar-refractivity contribution is 6.32. The fourth-order valence-electron chi connectivity index (χ4n) is 2.09. The monoisotopic (exact) mass is 347 g/mol. The molecular formula is C19H22ClNO3. The summed E-state index contributed by atoms with van der Waals surface area (Å²) in [6, 6.07) is 12.2. The van der Waals surface area contributed by atoms with Crippen LogP contribution >= 0.6 is 11.6 Å². The van der Waals surface area contributed by atoms with Crippen LogP contribution in [0.15, 0.2) is 42.5 Å². The van der Waals surface area contributed by atoms with E-state index in [1.807, 2.05) is 6.07 Å². The number of anilines is 1. The topological polar surface area (TPSA) is 47.6 Å². The number of nitrogens with one attached hydrogen (secondary N) is 1. The van der Waals surface area contributed by atoms with Crippen molar-refractivity contribution in [2.45, 2.75) is 20.3 Å². The average molecular weight is 348 g/mol. The minimum absolute atomic E-state index is 0.217. The molecular weight excluding hydrogens is 326 g/mol. The van der Waals surface area contributed by atoms with Crippen LogP contribution in [0.4, 0.5) is 5.69 Å². The zero-order chi connectivity index (χ0) is 17.5. The maximum atomic E-state index is 12.4. The molecule has 0 aliphatic rings. The largest absolute Gasteiger partial charge is 0.495 e. The van der Waals surface area contributed by atoms with E-state index in [-0.39, 0.29) is 5.91 Å². The molecule has 2 rings (SSSR count). The van der Waals surface area contributed by atoms with Crippen LogP contribution in [0.1, 0.15) is 30.6 Å². The molecule has 2 aromatic rings. The van der Waals surface area contributed by atoms with E-state index >= 15 is 0 Å². The standard InChI is InChI=1S/C19H22ClNO3/c1-13(2)9-10-24-16-6-4-5-14(11-16)19(22)21-15-7-8-18(23-3)17(20)12-15/h4-8,11-13H,9-10H2,1-3H3,(H,21,22). The Morgan fingerprint density at radius 1 is 1.21 bits per heavy atom. The molecule has 0 radical (unpaired) electrons. The molecule has 1 N–H and O–H groups in total. The summed E-state index contributed by atoms with van der Waals surface area (Å²) in [6.45, 7) is 4.93. The van der Waals surface area contributed by atoms with Crippen LogP contribution in [-0.2, 0) is 0 Å². The third-order valence-corrected chi connectivity index (χ3v) is 3.77. The summed E-state index contributed by atoms with van der Waals surface area (Å²) in [7, 11) is 1.55. The Balaban J connectivity index is 2.03. The molecule has 4 nitrogen and oxygen atoms in total. The van der Waals surface area contributed by atoms with E-state index < -0.39 is 0 Å². The Hall–Kier alpha value is -2.20. The summed E-state index contributed by atoms with van der Waals surface area (Å²) in [5, 5.41) is 3.26. The second-order valence-corrected chi connectivity index (χ2v) is 6.27. The summed E-state index contributed by atoms with van der Waals surface area (Å²) in [4.78, 5) is 12.4. The van der Waals surface area contributed by atoms with Crippen molar-refractivity contribution < 1.29 is 14.3 Å². The number of benzene rings is 2.